The third-order valence-corrected chi connectivity index (χ3v) is 2.97. The quantitative estimate of drug-likeness (QED) is 0.839. The van der Waals surface area contributed by atoms with Crippen LogP contribution < -0.4 is 15.4 Å². The summed E-state index contributed by atoms with van der Waals surface area (Å²) < 4.78 is 5.40. The lowest BCUT2D eigenvalue weighted by atomic mass is 10.2. The second kappa shape index (κ2) is 7.04. The summed E-state index contributed by atoms with van der Waals surface area (Å²) in [5.41, 5.74) is 3.01. The topological polar surface area (TPSA) is 46.2 Å². The lowest BCUT2D eigenvalue weighted by molar-refractivity contribution is 0.340. The highest BCUT2D eigenvalue weighted by molar-refractivity contribution is 7.80. The van der Waals surface area contributed by atoms with Gasteiger partial charge in [-0.3, -0.25) is 0 Å². The number of nitrogens with one attached hydrogen (secondary N) is 2. The van der Waals surface area contributed by atoms with E-state index in [-0.39, 0.29) is 0 Å². The molecule has 1 aromatic carbocycles. The number of nitrogens with zero attached hydrogens (tertiary/aromatic N) is 1. The van der Waals surface area contributed by atoms with Gasteiger partial charge in [-0.1, -0.05) is 0 Å². The first-order valence-corrected chi connectivity index (χ1v) is 7.24. The van der Waals surface area contributed by atoms with Crippen LogP contribution in [0.4, 0.5) is 11.5 Å². The van der Waals surface area contributed by atoms with Gasteiger partial charge in [0.25, 0.3) is 0 Å². The van der Waals surface area contributed by atoms with Crippen LogP contribution in [0.25, 0.3) is 0 Å². The summed E-state index contributed by atoms with van der Waals surface area (Å²) in [5, 5.41) is 6.72. The Bertz CT molecular complexity index is 606. The van der Waals surface area contributed by atoms with Crippen molar-refractivity contribution in [1.29, 1.82) is 0 Å². The predicted molar refractivity (Wildman–Crippen MR) is 91.2 cm³/mol. The number of hydrogen-bond donors (Lipinski definition) is 2. The van der Waals surface area contributed by atoms with Gasteiger partial charge in [-0.2, -0.15) is 0 Å². The smallest absolute Gasteiger partial charge is 0.176 e. The molecule has 0 aliphatic rings. The van der Waals surface area contributed by atoms with Crippen molar-refractivity contribution in [2.24, 2.45) is 0 Å². The van der Waals surface area contributed by atoms with Crippen LogP contribution in [0.1, 0.15) is 18.2 Å². The first-order chi connectivity index (χ1) is 10.1. The summed E-state index contributed by atoms with van der Waals surface area (Å²) in [6.07, 6.45) is 0. The van der Waals surface area contributed by atoms with E-state index in [4.69, 9.17) is 17.0 Å². The van der Waals surface area contributed by atoms with Crippen LogP contribution in [0, 0.1) is 13.8 Å². The number of ether oxygens (including phenoxy) is 1. The highest BCUT2D eigenvalue weighted by Crippen LogP contribution is 2.16. The minimum atomic E-state index is 0.511. The van der Waals surface area contributed by atoms with Crippen LogP contribution in [0.15, 0.2) is 36.4 Å². The van der Waals surface area contributed by atoms with E-state index < -0.39 is 0 Å². The predicted octanol–water partition coefficient (Wildman–Crippen LogP) is 3.91. The number of hydrogen-bond acceptors (Lipinski definition) is 3. The highest BCUT2D eigenvalue weighted by atomic mass is 32.1. The van der Waals surface area contributed by atoms with Crippen LogP contribution in [0.3, 0.4) is 0 Å². The molecule has 0 saturated carbocycles. The molecule has 21 heavy (non-hydrogen) atoms. The van der Waals surface area contributed by atoms with Crippen LogP contribution in [-0.2, 0) is 0 Å². The molecule has 0 aliphatic carbocycles. The Balaban J connectivity index is 1.97. The maximum Gasteiger partial charge on any atom is 0.176 e. The minimum Gasteiger partial charge on any atom is -0.494 e. The van der Waals surface area contributed by atoms with Gasteiger partial charge >= 0.3 is 0 Å². The number of thiocarbonyl (C=S) groups is 1. The Morgan fingerprint density at radius 1 is 1.14 bits per heavy atom. The van der Waals surface area contributed by atoms with Crippen LogP contribution in [0.2, 0.25) is 0 Å². The molecule has 2 N–H and O–H groups in total. The highest BCUT2D eigenvalue weighted by Gasteiger charge is 2.02. The van der Waals surface area contributed by atoms with Crippen molar-refractivity contribution in [3.05, 3.63) is 47.7 Å². The van der Waals surface area contributed by atoms with E-state index in [1.54, 1.807) is 0 Å². The van der Waals surface area contributed by atoms with Crippen LogP contribution in [-0.4, -0.2) is 16.7 Å². The van der Waals surface area contributed by atoms with Gasteiger partial charge in [-0.15, -0.1) is 0 Å². The van der Waals surface area contributed by atoms with E-state index in [1.807, 2.05) is 57.2 Å². The fourth-order valence-electron chi connectivity index (χ4n) is 1.99. The van der Waals surface area contributed by atoms with E-state index in [9.17, 15) is 0 Å². The molecule has 0 radical (unpaired) electrons. The van der Waals surface area contributed by atoms with E-state index >= 15 is 0 Å². The molecule has 0 atom stereocenters. The molecule has 110 valence electrons. The molecule has 2 rings (SSSR count). The SMILES string of the molecule is CCOc1ccc(NC(=S)Nc2cc(C)cc(C)n2)cc1. The normalized spacial score (nSPS) is 10.0. The zero-order valence-corrected chi connectivity index (χ0v) is 13.3. The summed E-state index contributed by atoms with van der Waals surface area (Å²) in [6.45, 7) is 6.61. The van der Waals surface area contributed by atoms with Gasteiger partial charge in [0.15, 0.2) is 5.11 Å². The van der Waals surface area contributed by atoms with Crippen molar-refractivity contribution in [3.8, 4) is 5.75 Å². The Labute approximate surface area is 130 Å². The van der Waals surface area contributed by atoms with Crippen molar-refractivity contribution in [3.63, 3.8) is 0 Å². The fraction of sp³-hybridized carbons (Fsp3) is 0.250. The largest absolute Gasteiger partial charge is 0.494 e. The lowest BCUT2D eigenvalue weighted by Crippen LogP contribution is -2.20. The second-order valence-corrected chi connectivity index (χ2v) is 5.12. The zero-order valence-electron chi connectivity index (χ0n) is 12.4. The number of aromatic nitrogens is 1. The molecule has 0 saturated heterocycles. The molecule has 0 unspecified atom stereocenters. The van der Waals surface area contributed by atoms with Gasteiger partial charge in [-0.25, -0.2) is 4.98 Å². The molecule has 0 aliphatic heterocycles. The van der Waals surface area contributed by atoms with Crippen molar-refractivity contribution >= 4 is 28.8 Å². The van der Waals surface area contributed by atoms with E-state index in [2.05, 4.69) is 15.6 Å². The molecule has 0 amide bonds. The van der Waals surface area contributed by atoms with Gasteiger partial charge in [-0.05, 0) is 75.0 Å². The molecule has 2 aromatic rings. The molecule has 0 spiro atoms. The molecule has 5 heteroatoms. The Hall–Kier alpha value is -2.14. The summed E-state index contributed by atoms with van der Waals surface area (Å²) in [4.78, 5) is 4.40. The fourth-order valence-corrected chi connectivity index (χ4v) is 2.21. The Kier molecular flexibility index (Phi) is 5.11. The second-order valence-electron chi connectivity index (χ2n) is 4.71. The molecule has 1 heterocycles. The van der Waals surface area contributed by atoms with Gasteiger partial charge in [0, 0.05) is 11.4 Å². The Morgan fingerprint density at radius 2 is 1.86 bits per heavy atom. The average Bonchev–Trinajstić information content (AvgIpc) is 2.40. The third kappa shape index (κ3) is 4.72. The lowest BCUT2D eigenvalue weighted by Gasteiger charge is -2.11. The number of anilines is 2. The van der Waals surface area contributed by atoms with Gasteiger partial charge in [0.05, 0.1) is 6.61 Å². The minimum absolute atomic E-state index is 0.511. The molecular weight excluding hydrogens is 282 g/mol. The number of benzene rings is 1. The molecular formula is C16H19N3OS. The van der Waals surface area contributed by atoms with Crippen LogP contribution in [0.5, 0.6) is 5.75 Å². The molecule has 4 nitrogen and oxygen atoms in total. The van der Waals surface area contributed by atoms with E-state index in [0.29, 0.717) is 11.7 Å². The molecule has 0 bridgehead atoms. The van der Waals surface area contributed by atoms with E-state index in [0.717, 1.165) is 28.5 Å². The number of aryl methyl sites for hydroxylation is 2. The first-order valence-electron chi connectivity index (χ1n) is 6.83. The van der Waals surface area contributed by atoms with Gasteiger partial charge in [0.2, 0.25) is 0 Å². The van der Waals surface area contributed by atoms with Crippen molar-refractivity contribution in [1.82, 2.24) is 4.98 Å². The van der Waals surface area contributed by atoms with Gasteiger partial charge in [0.1, 0.15) is 11.6 Å². The maximum absolute atomic E-state index is 5.40. The third-order valence-electron chi connectivity index (χ3n) is 2.76. The average molecular weight is 301 g/mol. The van der Waals surface area contributed by atoms with Crippen molar-refractivity contribution in [2.45, 2.75) is 20.8 Å². The van der Waals surface area contributed by atoms with Crippen molar-refractivity contribution < 1.29 is 4.74 Å². The summed E-state index contributed by atoms with van der Waals surface area (Å²) in [5.74, 6) is 1.59. The monoisotopic (exact) mass is 301 g/mol. The number of rotatable bonds is 4. The first kappa shape index (κ1) is 15.3. The molecule has 1 aromatic heterocycles. The number of pyridine rings is 1. The Morgan fingerprint density at radius 3 is 2.48 bits per heavy atom. The maximum atomic E-state index is 5.40. The summed E-state index contributed by atoms with van der Waals surface area (Å²) in [6, 6.07) is 11.6. The zero-order chi connectivity index (χ0) is 15.2. The van der Waals surface area contributed by atoms with Gasteiger partial charge < -0.3 is 15.4 Å². The van der Waals surface area contributed by atoms with Crippen LogP contribution >= 0.6 is 12.2 Å². The standard InChI is InChI=1S/C16H19N3OS/c1-4-20-14-7-5-13(6-8-14)18-16(21)19-15-10-11(2)9-12(3)17-15/h5-10H,4H2,1-3H3,(H2,17,18,19,21). The summed E-state index contributed by atoms with van der Waals surface area (Å²) in [7, 11) is 0. The van der Waals surface area contributed by atoms with Crippen molar-refractivity contribution in [2.75, 3.05) is 17.2 Å². The summed E-state index contributed by atoms with van der Waals surface area (Å²) >= 11 is 5.30. The van der Waals surface area contributed by atoms with E-state index in [1.165, 1.54) is 0 Å². The molecule has 0 fully saturated rings.